The number of aryl methyl sites for hydroxylation is 1. The molecule has 3 nitrogen and oxygen atoms in total. The van der Waals surface area contributed by atoms with Crippen LogP contribution in [-0.4, -0.2) is 5.11 Å². The lowest BCUT2D eigenvalue weighted by atomic mass is 10.0. The van der Waals surface area contributed by atoms with Gasteiger partial charge in [0.1, 0.15) is 11.8 Å². The molecule has 0 radical (unpaired) electrons. The summed E-state index contributed by atoms with van der Waals surface area (Å²) in [5, 5.41) is 26.6. The van der Waals surface area contributed by atoms with Gasteiger partial charge in [0, 0.05) is 5.56 Å². The summed E-state index contributed by atoms with van der Waals surface area (Å²) in [6.07, 6.45) is 0.132. The molecule has 0 atom stereocenters. The minimum absolute atomic E-state index is 0.0657. The molecule has 13 heavy (non-hydrogen) atoms. The van der Waals surface area contributed by atoms with Gasteiger partial charge >= 0.3 is 0 Å². The Bertz CT molecular complexity index is 410. The highest BCUT2D eigenvalue weighted by Crippen LogP contribution is 2.25. The number of hydrogen-bond donors (Lipinski definition) is 1. The molecule has 0 saturated heterocycles. The third kappa shape index (κ3) is 1.60. The van der Waals surface area contributed by atoms with Crippen LogP contribution in [0.2, 0.25) is 0 Å². The topological polar surface area (TPSA) is 67.8 Å². The van der Waals surface area contributed by atoms with Crippen LogP contribution in [0.3, 0.4) is 0 Å². The molecule has 0 aliphatic carbocycles. The van der Waals surface area contributed by atoms with Crippen molar-refractivity contribution in [1.29, 1.82) is 10.5 Å². The molecule has 3 heteroatoms. The summed E-state index contributed by atoms with van der Waals surface area (Å²) in [4.78, 5) is 0. The Morgan fingerprint density at radius 1 is 1.38 bits per heavy atom. The minimum atomic E-state index is -0.0657. The van der Waals surface area contributed by atoms with E-state index in [4.69, 9.17) is 10.5 Å². The molecule has 0 aliphatic rings. The van der Waals surface area contributed by atoms with Crippen LogP contribution in [0.4, 0.5) is 0 Å². The van der Waals surface area contributed by atoms with Crippen LogP contribution >= 0.6 is 0 Å². The van der Waals surface area contributed by atoms with Crippen molar-refractivity contribution in [2.75, 3.05) is 0 Å². The van der Waals surface area contributed by atoms with E-state index >= 15 is 0 Å². The van der Waals surface area contributed by atoms with E-state index in [0.29, 0.717) is 5.56 Å². The summed E-state index contributed by atoms with van der Waals surface area (Å²) < 4.78 is 0. The number of phenols is 1. The highest BCUT2D eigenvalue weighted by molar-refractivity contribution is 5.51. The van der Waals surface area contributed by atoms with Crippen LogP contribution in [0.15, 0.2) is 12.1 Å². The van der Waals surface area contributed by atoms with Gasteiger partial charge < -0.3 is 5.11 Å². The summed E-state index contributed by atoms with van der Waals surface area (Å²) in [6, 6.07) is 7.08. The Kier molecular flexibility index (Phi) is 2.52. The highest BCUT2D eigenvalue weighted by atomic mass is 16.3. The number of nitriles is 2. The minimum Gasteiger partial charge on any atom is -0.506 e. The molecule has 0 bridgehead atoms. The molecule has 1 N–H and O–H groups in total. The van der Waals surface area contributed by atoms with Crippen molar-refractivity contribution in [3.63, 3.8) is 0 Å². The smallest absolute Gasteiger partial charge is 0.137 e. The lowest BCUT2D eigenvalue weighted by Gasteiger charge is -2.05. The maximum absolute atomic E-state index is 9.53. The molecule has 1 aromatic rings. The van der Waals surface area contributed by atoms with Crippen molar-refractivity contribution >= 4 is 0 Å². The van der Waals surface area contributed by atoms with Crippen LogP contribution in [0.25, 0.3) is 0 Å². The summed E-state index contributed by atoms with van der Waals surface area (Å²) in [5.41, 5.74) is 1.59. The van der Waals surface area contributed by atoms with Crippen LogP contribution in [0, 0.1) is 29.6 Å². The Morgan fingerprint density at radius 2 is 2.08 bits per heavy atom. The number of aromatic hydroxyl groups is 1. The first-order chi connectivity index (χ1) is 6.20. The summed E-state index contributed by atoms with van der Waals surface area (Å²) >= 11 is 0. The van der Waals surface area contributed by atoms with Crippen molar-refractivity contribution in [3.8, 4) is 17.9 Å². The normalized spacial score (nSPS) is 8.85. The highest BCUT2D eigenvalue weighted by Gasteiger charge is 2.08. The zero-order valence-corrected chi connectivity index (χ0v) is 7.20. The molecule has 0 aliphatic heterocycles. The number of phenolic OH excluding ortho intramolecular Hbond substituents is 1. The van der Waals surface area contributed by atoms with E-state index in [0.717, 1.165) is 5.56 Å². The number of benzene rings is 1. The zero-order valence-electron chi connectivity index (χ0n) is 7.20. The molecule has 0 saturated carbocycles. The van der Waals surface area contributed by atoms with Gasteiger partial charge in [0.2, 0.25) is 0 Å². The Labute approximate surface area is 76.5 Å². The Morgan fingerprint density at radius 3 is 2.62 bits per heavy atom. The largest absolute Gasteiger partial charge is 0.506 e. The first kappa shape index (κ1) is 9.09. The second-order valence-electron chi connectivity index (χ2n) is 2.70. The summed E-state index contributed by atoms with van der Waals surface area (Å²) in [5.74, 6) is -0.0657. The fraction of sp³-hybridized carbons (Fsp3) is 0.200. The zero-order chi connectivity index (χ0) is 9.84. The van der Waals surface area contributed by atoms with Gasteiger partial charge in [-0.15, -0.1) is 0 Å². The maximum atomic E-state index is 9.53. The summed E-state index contributed by atoms with van der Waals surface area (Å²) in [6.45, 7) is 1.80. The van der Waals surface area contributed by atoms with Gasteiger partial charge in [-0.1, -0.05) is 6.07 Å². The molecule has 64 valence electrons. The van der Waals surface area contributed by atoms with Crippen molar-refractivity contribution in [3.05, 3.63) is 28.8 Å². The number of hydrogen-bond acceptors (Lipinski definition) is 3. The SMILES string of the molecule is Cc1ccc(C#N)c(O)c1CC#N. The molecule has 1 rings (SSSR count). The molecule has 0 unspecified atom stereocenters. The molecular weight excluding hydrogens is 164 g/mol. The molecule has 0 spiro atoms. The maximum Gasteiger partial charge on any atom is 0.137 e. The van der Waals surface area contributed by atoms with E-state index in [1.165, 1.54) is 0 Å². The third-order valence-electron chi connectivity index (χ3n) is 1.89. The summed E-state index contributed by atoms with van der Waals surface area (Å²) in [7, 11) is 0. The van der Waals surface area contributed by atoms with Gasteiger partial charge in [-0.3, -0.25) is 0 Å². The molecule has 0 amide bonds. The quantitative estimate of drug-likeness (QED) is 0.700. The van der Waals surface area contributed by atoms with E-state index in [1.54, 1.807) is 19.1 Å². The number of rotatable bonds is 1. The van der Waals surface area contributed by atoms with Gasteiger partial charge in [0.15, 0.2) is 0 Å². The fourth-order valence-electron chi connectivity index (χ4n) is 1.13. The van der Waals surface area contributed by atoms with Gasteiger partial charge in [-0.2, -0.15) is 10.5 Å². The van der Waals surface area contributed by atoms with Crippen molar-refractivity contribution in [1.82, 2.24) is 0 Å². The van der Waals surface area contributed by atoms with Crippen LogP contribution in [-0.2, 0) is 6.42 Å². The first-order valence-corrected chi connectivity index (χ1v) is 3.79. The Hall–Kier alpha value is -2.00. The fourth-order valence-corrected chi connectivity index (χ4v) is 1.13. The Balaban J connectivity index is 3.33. The van der Waals surface area contributed by atoms with Crippen LogP contribution in [0.1, 0.15) is 16.7 Å². The van der Waals surface area contributed by atoms with E-state index in [9.17, 15) is 5.11 Å². The van der Waals surface area contributed by atoms with Gasteiger partial charge in [-0.25, -0.2) is 0 Å². The van der Waals surface area contributed by atoms with E-state index in [2.05, 4.69) is 0 Å². The van der Waals surface area contributed by atoms with E-state index < -0.39 is 0 Å². The van der Waals surface area contributed by atoms with Crippen molar-refractivity contribution in [2.45, 2.75) is 13.3 Å². The lowest BCUT2D eigenvalue weighted by Crippen LogP contribution is -1.90. The monoisotopic (exact) mass is 172 g/mol. The lowest BCUT2D eigenvalue weighted by molar-refractivity contribution is 0.467. The van der Waals surface area contributed by atoms with Gasteiger partial charge in [-0.05, 0) is 18.6 Å². The average Bonchev–Trinajstić information content (AvgIpc) is 2.12. The number of nitrogens with zero attached hydrogens (tertiary/aromatic N) is 2. The molecular formula is C10H8N2O. The molecule has 0 aromatic heterocycles. The molecule has 1 aromatic carbocycles. The van der Waals surface area contributed by atoms with Crippen molar-refractivity contribution in [2.24, 2.45) is 0 Å². The van der Waals surface area contributed by atoms with E-state index in [1.807, 2.05) is 12.1 Å². The van der Waals surface area contributed by atoms with E-state index in [-0.39, 0.29) is 17.7 Å². The average molecular weight is 172 g/mol. The van der Waals surface area contributed by atoms with Gasteiger partial charge in [0.05, 0.1) is 18.1 Å². The predicted molar refractivity (Wildman–Crippen MR) is 46.9 cm³/mol. The second kappa shape index (κ2) is 3.60. The molecule has 0 fully saturated rings. The van der Waals surface area contributed by atoms with Crippen molar-refractivity contribution < 1.29 is 5.11 Å². The predicted octanol–water partition coefficient (Wildman–Crippen LogP) is 1.64. The second-order valence-corrected chi connectivity index (χ2v) is 2.70. The van der Waals surface area contributed by atoms with Crippen LogP contribution < -0.4 is 0 Å². The van der Waals surface area contributed by atoms with Crippen LogP contribution in [0.5, 0.6) is 5.75 Å². The third-order valence-corrected chi connectivity index (χ3v) is 1.89. The standard InChI is InChI=1S/C10H8N2O/c1-7-2-3-8(6-12)10(13)9(7)4-5-11/h2-3,13H,4H2,1H3. The molecule has 0 heterocycles. The van der Waals surface area contributed by atoms with Gasteiger partial charge in [0.25, 0.3) is 0 Å². The first-order valence-electron chi connectivity index (χ1n) is 3.79.